The van der Waals surface area contributed by atoms with Crippen molar-refractivity contribution in [3.63, 3.8) is 0 Å². The van der Waals surface area contributed by atoms with Gasteiger partial charge in [0.25, 0.3) is 0 Å². The van der Waals surface area contributed by atoms with Crippen molar-refractivity contribution in [1.82, 2.24) is 4.90 Å². The SMILES string of the molecule is COc1ccc(OCCC(N)=O)cc1.FC1(F)Oc2ccc(CCCN3CCCC3)cc2OC1(F)F. The van der Waals surface area contributed by atoms with E-state index in [1.54, 1.807) is 37.4 Å². The highest BCUT2D eigenvalue weighted by Gasteiger charge is 2.65. The number of hydrogen-bond acceptors (Lipinski definition) is 6. The van der Waals surface area contributed by atoms with E-state index in [1.165, 1.54) is 25.0 Å². The predicted molar refractivity (Wildman–Crippen MR) is 124 cm³/mol. The Morgan fingerprint density at radius 3 is 2.19 bits per heavy atom. The van der Waals surface area contributed by atoms with E-state index in [1.807, 2.05) is 0 Å². The van der Waals surface area contributed by atoms with Crippen molar-refractivity contribution < 1.29 is 41.3 Å². The third-order valence-corrected chi connectivity index (χ3v) is 5.64. The van der Waals surface area contributed by atoms with E-state index in [0.717, 1.165) is 37.4 Å². The molecule has 2 heterocycles. The standard InChI is InChI=1S/C15H17F4NO2.C10H13NO3/c16-14(17)15(18,19)22-13-10-11(5-6-12(13)21-14)4-3-9-20-7-1-2-8-20;1-13-8-2-4-9(5-3-8)14-7-6-10(11)12/h5-6,10H,1-4,7-9H2;2-5H,6-7H2,1H3,(H2,11,12). The molecule has 1 saturated heterocycles. The van der Waals surface area contributed by atoms with E-state index in [4.69, 9.17) is 15.2 Å². The van der Waals surface area contributed by atoms with Gasteiger partial charge in [0.05, 0.1) is 20.1 Å². The first-order valence-electron chi connectivity index (χ1n) is 11.6. The summed E-state index contributed by atoms with van der Waals surface area (Å²) < 4.78 is 70.8. The molecule has 0 bridgehead atoms. The molecular weight excluding hydrogens is 484 g/mol. The minimum Gasteiger partial charge on any atom is -0.497 e. The molecule has 198 valence electrons. The smallest absolute Gasteiger partial charge is 0.497 e. The van der Waals surface area contributed by atoms with Crippen LogP contribution in [0.2, 0.25) is 0 Å². The van der Waals surface area contributed by atoms with Gasteiger partial charge in [0.15, 0.2) is 11.5 Å². The summed E-state index contributed by atoms with van der Waals surface area (Å²) in [7, 11) is 1.60. The van der Waals surface area contributed by atoms with Crippen LogP contribution in [0.25, 0.3) is 0 Å². The number of ether oxygens (including phenoxy) is 4. The second-order valence-electron chi connectivity index (χ2n) is 8.41. The highest BCUT2D eigenvalue weighted by Crippen LogP contribution is 2.47. The molecular formula is C25H30F4N2O5. The first-order valence-corrected chi connectivity index (χ1v) is 11.6. The van der Waals surface area contributed by atoms with Crippen LogP contribution in [-0.4, -0.2) is 56.4 Å². The molecule has 0 atom stereocenters. The molecule has 2 aliphatic heterocycles. The first-order chi connectivity index (χ1) is 17.1. The number of rotatable bonds is 9. The van der Waals surface area contributed by atoms with Crippen LogP contribution in [0.4, 0.5) is 17.6 Å². The van der Waals surface area contributed by atoms with Gasteiger partial charge >= 0.3 is 12.2 Å². The topological polar surface area (TPSA) is 83.2 Å². The van der Waals surface area contributed by atoms with Crippen LogP contribution in [0, 0.1) is 0 Å². The van der Waals surface area contributed by atoms with Crippen molar-refractivity contribution in [3.8, 4) is 23.0 Å². The van der Waals surface area contributed by atoms with E-state index >= 15 is 0 Å². The number of fused-ring (bicyclic) bond motifs is 1. The minimum absolute atomic E-state index is 0.228. The molecule has 7 nitrogen and oxygen atoms in total. The van der Waals surface area contributed by atoms with Gasteiger partial charge in [-0.1, -0.05) is 6.07 Å². The summed E-state index contributed by atoms with van der Waals surface area (Å²) in [5.74, 6) is 0.409. The summed E-state index contributed by atoms with van der Waals surface area (Å²) >= 11 is 0. The van der Waals surface area contributed by atoms with Crippen LogP contribution >= 0.6 is 0 Å². The van der Waals surface area contributed by atoms with Gasteiger partial charge < -0.3 is 29.6 Å². The summed E-state index contributed by atoms with van der Waals surface area (Å²) in [5.41, 5.74) is 5.73. The van der Waals surface area contributed by atoms with Crippen molar-refractivity contribution in [3.05, 3.63) is 48.0 Å². The molecule has 0 spiro atoms. The van der Waals surface area contributed by atoms with E-state index in [0.29, 0.717) is 18.8 Å². The minimum atomic E-state index is -4.66. The fourth-order valence-electron chi connectivity index (χ4n) is 3.72. The number of aryl methyl sites for hydroxylation is 1. The lowest BCUT2D eigenvalue weighted by molar-refractivity contribution is -0.391. The Morgan fingerprint density at radius 1 is 0.972 bits per heavy atom. The number of methoxy groups -OCH3 is 1. The average molecular weight is 515 g/mol. The zero-order valence-electron chi connectivity index (χ0n) is 20.0. The largest absolute Gasteiger partial charge is 0.507 e. The molecule has 0 saturated carbocycles. The molecule has 11 heteroatoms. The molecule has 2 aliphatic rings. The van der Waals surface area contributed by atoms with Crippen LogP contribution in [-0.2, 0) is 11.2 Å². The summed E-state index contributed by atoms with van der Waals surface area (Å²) in [6, 6.07) is 11.3. The van der Waals surface area contributed by atoms with Gasteiger partial charge in [-0.3, -0.25) is 4.79 Å². The Morgan fingerprint density at radius 2 is 1.58 bits per heavy atom. The van der Waals surface area contributed by atoms with Gasteiger partial charge in [0, 0.05) is 0 Å². The van der Waals surface area contributed by atoms with Crippen molar-refractivity contribution in [1.29, 1.82) is 0 Å². The fraction of sp³-hybridized carbons (Fsp3) is 0.480. The van der Waals surface area contributed by atoms with Gasteiger partial charge in [0.2, 0.25) is 5.91 Å². The van der Waals surface area contributed by atoms with Crippen LogP contribution in [0.5, 0.6) is 23.0 Å². The molecule has 1 amide bonds. The zero-order valence-corrected chi connectivity index (χ0v) is 20.0. The fourth-order valence-corrected chi connectivity index (χ4v) is 3.72. The van der Waals surface area contributed by atoms with Gasteiger partial charge in [-0.05, 0) is 87.3 Å². The highest BCUT2D eigenvalue weighted by molar-refractivity contribution is 5.73. The maximum Gasteiger partial charge on any atom is 0.507 e. The Hall–Kier alpha value is -3.21. The van der Waals surface area contributed by atoms with Crippen LogP contribution < -0.4 is 24.7 Å². The van der Waals surface area contributed by atoms with Gasteiger partial charge in [0.1, 0.15) is 11.5 Å². The monoisotopic (exact) mass is 514 g/mol. The predicted octanol–water partition coefficient (Wildman–Crippen LogP) is 4.62. The molecule has 2 aromatic carbocycles. The molecule has 2 N–H and O–H groups in total. The van der Waals surface area contributed by atoms with E-state index in [9.17, 15) is 22.4 Å². The number of halogens is 4. The number of amides is 1. The summed E-state index contributed by atoms with van der Waals surface area (Å²) in [5, 5.41) is 0. The van der Waals surface area contributed by atoms with Gasteiger partial charge in [-0.2, -0.15) is 17.6 Å². The zero-order chi connectivity index (χ0) is 26.2. The number of benzene rings is 2. The maximum absolute atomic E-state index is 13.1. The van der Waals surface area contributed by atoms with Gasteiger partial charge in [-0.25, -0.2) is 0 Å². The number of carbonyl (C=O) groups excluding carboxylic acids is 1. The van der Waals surface area contributed by atoms with Crippen molar-refractivity contribution in [2.24, 2.45) is 5.73 Å². The number of hydrogen-bond donors (Lipinski definition) is 1. The lowest BCUT2D eigenvalue weighted by atomic mass is 10.1. The number of primary amides is 1. The molecule has 36 heavy (non-hydrogen) atoms. The van der Waals surface area contributed by atoms with E-state index < -0.39 is 12.2 Å². The van der Waals surface area contributed by atoms with Crippen molar-refractivity contribution in [2.45, 2.75) is 44.3 Å². The number of carbonyl (C=O) groups is 1. The molecule has 2 aromatic rings. The van der Waals surface area contributed by atoms with E-state index in [2.05, 4.69) is 14.4 Å². The van der Waals surface area contributed by atoms with Crippen molar-refractivity contribution >= 4 is 5.91 Å². The van der Waals surface area contributed by atoms with Gasteiger partial charge in [-0.15, -0.1) is 0 Å². The Bertz CT molecular complexity index is 998. The number of nitrogens with two attached hydrogens (primary N) is 1. The summed E-state index contributed by atoms with van der Waals surface area (Å²) in [6.07, 6.45) is -5.10. The lowest BCUT2D eigenvalue weighted by Gasteiger charge is -2.32. The van der Waals surface area contributed by atoms with Crippen LogP contribution in [0.1, 0.15) is 31.2 Å². The van der Waals surface area contributed by atoms with E-state index in [-0.39, 0.29) is 23.8 Å². The Labute approximate surface area is 207 Å². The molecule has 0 aromatic heterocycles. The van der Waals surface area contributed by atoms with Crippen molar-refractivity contribution in [2.75, 3.05) is 33.4 Å². The number of alkyl halides is 4. The quantitative estimate of drug-likeness (QED) is 0.492. The first kappa shape index (κ1) is 27.4. The Kier molecular flexibility index (Phi) is 9.25. The normalized spacial score (nSPS) is 17.6. The summed E-state index contributed by atoms with van der Waals surface area (Å²) in [6.45, 7) is 3.45. The molecule has 4 rings (SSSR count). The second kappa shape index (κ2) is 12.2. The Balaban J connectivity index is 0.000000223. The molecule has 1 fully saturated rings. The number of likely N-dealkylation sites (tertiary alicyclic amines) is 1. The second-order valence-corrected chi connectivity index (χ2v) is 8.41. The third kappa shape index (κ3) is 7.64. The average Bonchev–Trinajstić information content (AvgIpc) is 3.34. The third-order valence-electron chi connectivity index (χ3n) is 5.64. The number of nitrogens with zero attached hydrogens (tertiary/aromatic N) is 1. The summed E-state index contributed by atoms with van der Waals surface area (Å²) in [4.78, 5) is 12.8. The van der Waals surface area contributed by atoms with Crippen LogP contribution in [0.15, 0.2) is 42.5 Å². The maximum atomic E-state index is 13.1. The lowest BCUT2D eigenvalue weighted by Crippen LogP contribution is -2.52. The molecule has 0 unspecified atom stereocenters. The van der Waals surface area contributed by atoms with Crippen LogP contribution in [0.3, 0.4) is 0 Å². The highest BCUT2D eigenvalue weighted by atomic mass is 19.3. The molecule has 0 aliphatic carbocycles. The molecule has 0 radical (unpaired) electrons.